The summed E-state index contributed by atoms with van der Waals surface area (Å²) in [5.74, 6) is -0.449. The average Bonchev–Trinajstić information content (AvgIpc) is 2.36. The molecule has 1 heterocycles. The standard InChI is InChI=1S/C12H7Br2ClN2O2/c13-6-1-2-9(15)8(3-6)11(18)17-10-4-7(14)5-16-12(10)19/h1-5H,(H,16,19)(H,17,18). The third-order valence-corrected chi connectivity index (χ3v) is 3.57. The molecule has 0 unspecified atom stereocenters. The Morgan fingerprint density at radius 2 is 1.95 bits per heavy atom. The van der Waals surface area contributed by atoms with E-state index in [1.165, 1.54) is 12.3 Å². The fourth-order valence-electron chi connectivity index (χ4n) is 1.41. The van der Waals surface area contributed by atoms with Crippen molar-refractivity contribution in [3.8, 4) is 0 Å². The number of anilines is 1. The van der Waals surface area contributed by atoms with Crippen LogP contribution < -0.4 is 10.9 Å². The Bertz CT molecular complexity index is 700. The molecule has 0 saturated carbocycles. The lowest BCUT2D eigenvalue weighted by atomic mass is 10.2. The van der Waals surface area contributed by atoms with Gasteiger partial charge in [-0.25, -0.2) is 0 Å². The van der Waals surface area contributed by atoms with Gasteiger partial charge in [0.25, 0.3) is 11.5 Å². The van der Waals surface area contributed by atoms with Gasteiger partial charge in [-0.15, -0.1) is 0 Å². The highest BCUT2D eigenvalue weighted by atomic mass is 79.9. The normalized spacial score (nSPS) is 10.3. The molecule has 19 heavy (non-hydrogen) atoms. The van der Waals surface area contributed by atoms with Gasteiger partial charge in [-0.3, -0.25) is 9.59 Å². The molecule has 1 amide bonds. The van der Waals surface area contributed by atoms with Crippen LogP contribution >= 0.6 is 43.5 Å². The van der Waals surface area contributed by atoms with Crippen molar-refractivity contribution in [1.82, 2.24) is 4.98 Å². The third-order valence-electron chi connectivity index (χ3n) is 2.29. The van der Waals surface area contributed by atoms with Gasteiger partial charge in [0, 0.05) is 15.1 Å². The molecule has 0 saturated heterocycles. The molecule has 7 heteroatoms. The monoisotopic (exact) mass is 404 g/mol. The van der Waals surface area contributed by atoms with Crippen LogP contribution in [-0.2, 0) is 0 Å². The van der Waals surface area contributed by atoms with E-state index in [9.17, 15) is 9.59 Å². The predicted octanol–water partition coefficient (Wildman–Crippen LogP) is 3.81. The molecule has 98 valence electrons. The van der Waals surface area contributed by atoms with E-state index in [-0.39, 0.29) is 16.8 Å². The number of hydrogen-bond donors (Lipinski definition) is 2. The number of H-pyrrole nitrogens is 1. The first kappa shape index (κ1) is 14.3. The number of carbonyl (C=O) groups is 1. The van der Waals surface area contributed by atoms with Crippen LogP contribution in [0.5, 0.6) is 0 Å². The molecule has 0 aliphatic heterocycles. The number of rotatable bonds is 2. The number of amides is 1. The van der Waals surface area contributed by atoms with Crippen LogP contribution in [0.15, 0.2) is 44.2 Å². The van der Waals surface area contributed by atoms with Gasteiger partial charge < -0.3 is 10.3 Å². The van der Waals surface area contributed by atoms with Gasteiger partial charge in [-0.05, 0) is 40.2 Å². The highest BCUT2D eigenvalue weighted by Gasteiger charge is 2.13. The summed E-state index contributed by atoms with van der Waals surface area (Å²) in [5, 5.41) is 2.83. The summed E-state index contributed by atoms with van der Waals surface area (Å²) in [7, 11) is 0. The number of aromatic amines is 1. The Hall–Kier alpha value is -1.11. The quantitative estimate of drug-likeness (QED) is 0.797. The maximum absolute atomic E-state index is 12.1. The molecule has 2 N–H and O–H groups in total. The van der Waals surface area contributed by atoms with Crippen molar-refractivity contribution in [2.24, 2.45) is 0 Å². The van der Waals surface area contributed by atoms with E-state index < -0.39 is 5.91 Å². The summed E-state index contributed by atoms with van der Waals surface area (Å²) >= 11 is 12.4. The van der Waals surface area contributed by atoms with Gasteiger partial charge in [0.15, 0.2) is 0 Å². The second kappa shape index (κ2) is 5.90. The van der Waals surface area contributed by atoms with E-state index in [4.69, 9.17) is 11.6 Å². The topological polar surface area (TPSA) is 62.0 Å². The van der Waals surface area contributed by atoms with Gasteiger partial charge in [-0.1, -0.05) is 27.5 Å². The Morgan fingerprint density at radius 1 is 1.21 bits per heavy atom. The number of aromatic nitrogens is 1. The van der Waals surface area contributed by atoms with E-state index in [1.807, 2.05) is 0 Å². The van der Waals surface area contributed by atoms with E-state index in [0.717, 1.165) is 4.47 Å². The molecule has 0 bridgehead atoms. The zero-order chi connectivity index (χ0) is 14.0. The molecule has 1 aromatic carbocycles. The zero-order valence-corrected chi connectivity index (χ0v) is 13.3. The first-order chi connectivity index (χ1) is 8.97. The van der Waals surface area contributed by atoms with E-state index in [2.05, 4.69) is 42.2 Å². The Balaban J connectivity index is 2.33. The lowest BCUT2D eigenvalue weighted by Gasteiger charge is -2.06. The van der Waals surface area contributed by atoms with Crippen LogP contribution in [0.2, 0.25) is 5.02 Å². The molecule has 0 radical (unpaired) electrons. The van der Waals surface area contributed by atoms with Crippen LogP contribution in [0, 0.1) is 0 Å². The zero-order valence-electron chi connectivity index (χ0n) is 9.34. The van der Waals surface area contributed by atoms with Gasteiger partial charge >= 0.3 is 0 Å². The first-order valence-corrected chi connectivity index (χ1v) is 7.08. The molecular formula is C12H7Br2ClN2O2. The van der Waals surface area contributed by atoms with Crippen molar-refractivity contribution >= 4 is 55.1 Å². The molecule has 2 rings (SSSR count). The van der Waals surface area contributed by atoms with Gasteiger partial charge in [-0.2, -0.15) is 0 Å². The number of halogens is 3. The fraction of sp³-hybridized carbons (Fsp3) is 0. The van der Waals surface area contributed by atoms with E-state index >= 15 is 0 Å². The Labute approximate surface area is 130 Å². The van der Waals surface area contributed by atoms with Crippen molar-refractivity contribution < 1.29 is 4.79 Å². The minimum Gasteiger partial charge on any atom is -0.326 e. The lowest BCUT2D eigenvalue weighted by Crippen LogP contribution is -2.19. The molecule has 0 spiro atoms. The maximum atomic E-state index is 12.1. The second-order valence-corrected chi connectivity index (χ2v) is 5.88. The summed E-state index contributed by atoms with van der Waals surface area (Å²) in [6.45, 7) is 0. The Morgan fingerprint density at radius 3 is 2.68 bits per heavy atom. The molecule has 0 fully saturated rings. The fourth-order valence-corrected chi connectivity index (χ4v) is 2.32. The van der Waals surface area contributed by atoms with Gasteiger partial charge in [0.2, 0.25) is 0 Å². The van der Waals surface area contributed by atoms with Gasteiger partial charge in [0.05, 0.1) is 10.6 Å². The molecule has 4 nitrogen and oxygen atoms in total. The minimum absolute atomic E-state index is 0.149. The minimum atomic E-state index is -0.449. The SMILES string of the molecule is O=C(Nc1cc(Br)c[nH]c1=O)c1cc(Br)ccc1Cl. The van der Waals surface area contributed by atoms with Crippen LogP contribution in [0.25, 0.3) is 0 Å². The molecular weight excluding hydrogens is 399 g/mol. The summed E-state index contributed by atoms with van der Waals surface area (Å²) in [5.41, 5.74) is 0.0495. The summed E-state index contributed by atoms with van der Waals surface area (Å²) in [4.78, 5) is 26.1. The molecule has 1 aromatic heterocycles. The Kier molecular flexibility index (Phi) is 4.44. The smallest absolute Gasteiger partial charge is 0.271 e. The van der Waals surface area contributed by atoms with Crippen LogP contribution in [-0.4, -0.2) is 10.9 Å². The summed E-state index contributed by atoms with van der Waals surface area (Å²) in [6, 6.07) is 6.43. The largest absolute Gasteiger partial charge is 0.326 e. The van der Waals surface area contributed by atoms with Crippen LogP contribution in [0.4, 0.5) is 5.69 Å². The van der Waals surface area contributed by atoms with Crippen molar-refractivity contribution in [3.05, 3.63) is 60.3 Å². The number of pyridine rings is 1. The van der Waals surface area contributed by atoms with Crippen LogP contribution in [0.1, 0.15) is 10.4 Å². The predicted molar refractivity (Wildman–Crippen MR) is 81.9 cm³/mol. The van der Waals surface area contributed by atoms with Crippen molar-refractivity contribution in [3.63, 3.8) is 0 Å². The molecule has 0 aliphatic rings. The lowest BCUT2D eigenvalue weighted by molar-refractivity contribution is 0.102. The number of benzene rings is 1. The van der Waals surface area contributed by atoms with Crippen LogP contribution in [0.3, 0.4) is 0 Å². The summed E-state index contributed by atoms with van der Waals surface area (Å²) < 4.78 is 1.38. The summed E-state index contributed by atoms with van der Waals surface area (Å²) in [6.07, 6.45) is 1.49. The van der Waals surface area contributed by atoms with Crippen molar-refractivity contribution in [2.45, 2.75) is 0 Å². The molecule has 0 atom stereocenters. The maximum Gasteiger partial charge on any atom is 0.271 e. The second-order valence-electron chi connectivity index (χ2n) is 3.64. The molecule has 2 aromatic rings. The van der Waals surface area contributed by atoms with Crippen molar-refractivity contribution in [2.75, 3.05) is 5.32 Å². The highest BCUT2D eigenvalue weighted by molar-refractivity contribution is 9.10. The van der Waals surface area contributed by atoms with Crippen molar-refractivity contribution in [1.29, 1.82) is 0 Å². The third kappa shape index (κ3) is 3.46. The van der Waals surface area contributed by atoms with E-state index in [0.29, 0.717) is 9.50 Å². The first-order valence-electron chi connectivity index (χ1n) is 5.12. The average molecular weight is 406 g/mol. The van der Waals surface area contributed by atoms with E-state index in [1.54, 1.807) is 18.2 Å². The number of hydrogen-bond acceptors (Lipinski definition) is 2. The number of carbonyl (C=O) groups excluding carboxylic acids is 1. The highest BCUT2D eigenvalue weighted by Crippen LogP contribution is 2.22. The van der Waals surface area contributed by atoms with Gasteiger partial charge in [0.1, 0.15) is 5.69 Å². The molecule has 0 aliphatic carbocycles. The number of nitrogens with one attached hydrogen (secondary N) is 2.